The van der Waals surface area contributed by atoms with Crippen molar-refractivity contribution in [3.63, 3.8) is 0 Å². The summed E-state index contributed by atoms with van der Waals surface area (Å²) in [6.45, 7) is 1.99. The van der Waals surface area contributed by atoms with Gasteiger partial charge in [-0.05, 0) is 30.2 Å². The van der Waals surface area contributed by atoms with Crippen LogP contribution in [0.1, 0.15) is 18.4 Å². The number of halogens is 1. The van der Waals surface area contributed by atoms with Gasteiger partial charge in [0, 0.05) is 11.7 Å². The molecule has 1 fully saturated rings. The molecule has 0 spiro atoms. The van der Waals surface area contributed by atoms with Gasteiger partial charge in [-0.15, -0.1) is 0 Å². The summed E-state index contributed by atoms with van der Waals surface area (Å²) >= 11 is 0. The Morgan fingerprint density at radius 2 is 1.88 bits per heavy atom. The van der Waals surface area contributed by atoms with Crippen molar-refractivity contribution in [3.05, 3.63) is 35.6 Å². The van der Waals surface area contributed by atoms with Crippen molar-refractivity contribution in [3.8, 4) is 0 Å². The standard InChI is InChI=1S/C12H16FNO2S/c1-2-17(15,16)12-10(7-14)11(12)8-3-5-9(13)6-4-8/h3-6,10-12H,2,7,14H2,1H3/t10-,11+,12+/m0/s1. The average Bonchev–Trinajstić information content (AvgIpc) is 3.05. The van der Waals surface area contributed by atoms with E-state index in [0.717, 1.165) is 5.56 Å². The third kappa shape index (κ3) is 2.21. The Morgan fingerprint density at radius 3 is 2.35 bits per heavy atom. The molecule has 1 aromatic carbocycles. The van der Waals surface area contributed by atoms with Crippen LogP contribution in [-0.4, -0.2) is 26.0 Å². The monoisotopic (exact) mass is 257 g/mol. The van der Waals surface area contributed by atoms with Crippen molar-refractivity contribution in [1.82, 2.24) is 0 Å². The van der Waals surface area contributed by atoms with E-state index >= 15 is 0 Å². The molecule has 0 bridgehead atoms. The highest BCUT2D eigenvalue weighted by atomic mass is 32.2. The molecule has 0 aliphatic heterocycles. The SMILES string of the molecule is CCS(=O)(=O)[C@@H]1[C@@H](CN)[C@H]1c1ccc(F)cc1. The molecule has 0 heterocycles. The maximum Gasteiger partial charge on any atom is 0.153 e. The van der Waals surface area contributed by atoms with Crippen molar-refractivity contribution in [2.24, 2.45) is 11.7 Å². The number of rotatable bonds is 4. The molecule has 94 valence electrons. The molecule has 0 radical (unpaired) electrons. The van der Waals surface area contributed by atoms with Crippen LogP contribution in [0.2, 0.25) is 0 Å². The van der Waals surface area contributed by atoms with Crippen molar-refractivity contribution in [2.45, 2.75) is 18.1 Å². The molecule has 1 aliphatic carbocycles. The van der Waals surface area contributed by atoms with Crippen LogP contribution in [-0.2, 0) is 9.84 Å². The predicted molar refractivity (Wildman–Crippen MR) is 64.9 cm³/mol. The Balaban J connectivity index is 2.26. The fraction of sp³-hybridized carbons (Fsp3) is 0.500. The van der Waals surface area contributed by atoms with Gasteiger partial charge in [-0.1, -0.05) is 19.1 Å². The van der Waals surface area contributed by atoms with E-state index in [0.29, 0.717) is 6.54 Å². The van der Waals surface area contributed by atoms with Gasteiger partial charge in [-0.25, -0.2) is 12.8 Å². The smallest absolute Gasteiger partial charge is 0.153 e. The first-order valence-corrected chi connectivity index (χ1v) is 7.40. The van der Waals surface area contributed by atoms with Crippen molar-refractivity contribution in [1.29, 1.82) is 0 Å². The summed E-state index contributed by atoms with van der Waals surface area (Å²) in [6, 6.07) is 6.01. The fourth-order valence-corrected chi connectivity index (χ4v) is 4.34. The van der Waals surface area contributed by atoms with Crippen LogP contribution in [0.25, 0.3) is 0 Å². The average molecular weight is 257 g/mol. The normalized spacial score (nSPS) is 28.1. The van der Waals surface area contributed by atoms with E-state index in [-0.39, 0.29) is 28.7 Å². The lowest BCUT2D eigenvalue weighted by Crippen LogP contribution is -2.15. The van der Waals surface area contributed by atoms with E-state index in [1.54, 1.807) is 19.1 Å². The van der Waals surface area contributed by atoms with E-state index in [1.807, 2.05) is 0 Å². The Labute approximate surface area is 101 Å². The summed E-state index contributed by atoms with van der Waals surface area (Å²) in [6.07, 6.45) is 0. The molecular formula is C12H16FNO2S. The molecule has 17 heavy (non-hydrogen) atoms. The van der Waals surface area contributed by atoms with E-state index in [9.17, 15) is 12.8 Å². The number of hydrogen-bond donors (Lipinski definition) is 1. The van der Waals surface area contributed by atoms with Gasteiger partial charge in [0.1, 0.15) is 5.82 Å². The largest absolute Gasteiger partial charge is 0.330 e. The molecule has 1 aromatic rings. The summed E-state index contributed by atoms with van der Waals surface area (Å²) < 4.78 is 36.5. The number of nitrogens with two attached hydrogens (primary N) is 1. The first-order valence-electron chi connectivity index (χ1n) is 5.68. The maximum absolute atomic E-state index is 12.8. The molecule has 0 unspecified atom stereocenters. The number of hydrogen-bond acceptors (Lipinski definition) is 3. The van der Waals surface area contributed by atoms with Crippen LogP contribution in [0.15, 0.2) is 24.3 Å². The highest BCUT2D eigenvalue weighted by molar-refractivity contribution is 7.92. The third-order valence-electron chi connectivity index (χ3n) is 3.44. The zero-order valence-electron chi connectivity index (χ0n) is 9.64. The molecule has 1 saturated carbocycles. The molecule has 0 amide bonds. The van der Waals surface area contributed by atoms with Crippen LogP contribution in [0.5, 0.6) is 0 Å². The Bertz CT molecular complexity index is 498. The van der Waals surface area contributed by atoms with Crippen LogP contribution in [0.3, 0.4) is 0 Å². The maximum atomic E-state index is 12.8. The summed E-state index contributed by atoms with van der Waals surface area (Å²) in [4.78, 5) is 0. The molecule has 1 aliphatic rings. The van der Waals surface area contributed by atoms with Gasteiger partial charge in [-0.3, -0.25) is 0 Å². The molecule has 0 saturated heterocycles. The van der Waals surface area contributed by atoms with Crippen molar-refractivity contribution in [2.75, 3.05) is 12.3 Å². The fourth-order valence-electron chi connectivity index (χ4n) is 2.43. The molecular weight excluding hydrogens is 241 g/mol. The summed E-state index contributed by atoms with van der Waals surface area (Å²) in [7, 11) is -3.07. The van der Waals surface area contributed by atoms with E-state index in [1.165, 1.54) is 12.1 Å². The van der Waals surface area contributed by atoms with Gasteiger partial charge in [0.15, 0.2) is 9.84 Å². The Morgan fingerprint density at radius 1 is 1.29 bits per heavy atom. The minimum absolute atomic E-state index is 0.0228. The Hall–Kier alpha value is -0.940. The first-order chi connectivity index (χ1) is 8.01. The van der Waals surface area contributed by atoms with Gasteiger partial charge in [0.2, 0.25) is 0 Å². The van der Waals surface area contributed by atoms with Crippen molar-refractivity contribution >= 4 is 9.84 Å². The van der Waals surface area contributed by atoms with E-state index in [4.69, 9.17) is 5.73 Å². The van der Waals surface area contributed by atoms with Crippen LogP contribution >= 0.6 is 0 Å². The van der Waals surface area contributed by atoms with Crippen LogP contribution in [0.4, 0.5) is 4.39 Å². The van der Waals surface area contributed by atoms with Gasteiger partial charge in [0.05, 0.1) is 5.25 Å². The molecule has 3 nitrogen and oxygen atoms in total. The van der Waals surface area contributed by atoms with Gasteiger partial charge in [-0.2, -0.15) is 0 Å². The highest BCUT2D eigenvalue weighted by Gasteiger charge is 2.56. The molecule has 0 aromatic heterocycles. The topological polar surface area (TPSA) is 60.2 Å². The lowest BCUT2D eigenvalue weighted by Gasteiger charge is -2.00. The summed E-state index contributed by atoms with van der Waals surface area (Å²) in [5.41, 5.74) is 6.46. The highest BCUT2D eigenvalue weighted by Crippen LogP contribution is 2.51. The van der Waals surface area contributed by atoms with E-state index < -0.39 is 9.84 Å². The molecule has 2 N–H and O–H groups in total. The number of sulfone groups is 1. The Kier molecular flexibility index (Phi) is 3.23. The van der Waals surface area contributed by atoms with Gasteiger partial charge in [0.25, 0.3) is 0 Å². The van der Waals surface area contributed by atoms with E-state index in [2.05, 4.69) is 0 Å². The third-order valence-corrected chi connectivity index (χ3v) is 5.72. The second kappa shape index (κ2) is 4.38. The molecule has 5 heteroatoms. The minimum Gasteiger partial charge on any atom is -0.330 e. The van der Waals surface area contributed by atoms with Gasteiger partial charge >= 0.3 is 0 Å². The lowest BCUT2D eigenvalue weighted by molar-refractivity contribution is 0.593. The van der Waals surface area contributed by atoms with Crippen LogP contribution < -0.4 is 5.73 Å². The zero-order valence-corrected chi connectivity index (χ0v) is 10.5. The first kappa shape index (κ1) is 12.5. The predicted octanol–water partition coefficient (Wildman–Crippen LogP) is 1.30. The quantitative estimate of drug-likeness (QED) is 0.884. The lowest BCUT2D eigenvalue weighted by atomic mass is 10.1. The zero-order chi connectivity index (χ0) is 12.6. The second-order valence-corrected chi connectivity index (χ2v) is 6.84. The summed E-state index contributed by atoms with van der Waals surface area (Å²) in [5, 5.41) is -0.386. The number of benzene rings is 1. The molecule has 2 rings (SSSR count). The molecule has 3 atom stereocenters. The summed E-state index contributed by atoms with van der Waals surface area (Å²) in [5.74, 6) is -0.268. The van der Waals surface area contributed by atoms with Crippen LogP contribution in [0, 0.1) is 11.7 Å². The van der Waals surface area contributed by atoms with Gasteiger partial charge < -0.3 is 5.73 Å². The van der Waals surface area contributed by atoms with Crippen molar-refractivity contribution < 1.29 is 12.8 Å². The minimum atomic E-state index is -3.07. The second-order valence-electron chi connectivity index (χ2n) is 4.39.